The van der Waals surface area contributed by atoms with Crippen molar-refractivity contribution in [3.63, 3.8) is 0 Å². The maximum absolute atomic E-state index is 4.67. The second-order valence-corrected chi connectivity index (χ2v) is 11.8. The Balaban J connectivity index is 1.62. The van der Waals surface area contributed by atoms with Gasteiger partial charge in [-0.15, -0.1) is 0 Å². The molecule has 0 saturated carbocycles. The first-order valence-electron chi connectivity index (χ1n) is 14.8. The first-order chi connectivity index (χ1) is 19.3. The van der Waals surface area contributed by atoms with Crippen LogP contribution in [0, 0.1) is 6.92 Å². The van der Waals surface area contributed by atoms with E-state index in [1.807, 2.05) is 6.20 Å². The summed E-state index contributed by atoms with van der Waals surface area (Å²) in [5.74, 6) is 0.817. The molecule has 3 nitrogen and oxygen atoms in total. The lowest BCUT2D eigenvalue weighted by atomic mass is 9.84. The van der Waals surface area contributed by atoms with Gasteiger partial charge in [0.15, 0.2) is 0 Å². The van der Waals surface area contributed by atoms with Gasteiger partial charge in [-0.25, -0.2) is 0 Å². The highest BCUT2D eigenvalue weighted by Gasteiger charge is 2.23. The van der Waals surface area contributed by atoms with E-state index in [2.05, 4.69) is 130 Å². The fourth-order valence-electron chi connectivity index (χ4n) is 6.69. The van der Waals surface area contributed by atoms with E-state index in [0.29, 0.717) is 11.8 Å². The van der Waals surface area contributed by atoms with Crippen LogP contribution in [0.3, 0.4) is 0 Å². The zero-order chi connectivity index (χ0) is 28.1. The molecule has 0 bridgehead atoms. The van der Waals surface area contributed by atoms with Gasteiger partial charge in [0, 0.05) is 23.2 Å². The number of hydrogen-bond donors (Lipinski definition) is 1. The zero-order valence-electron chi connectivity index (χ0n) is 24.9. The molecule has 0 aliphatic rings. The summed E-state index contributed by atoms with van der Waals surface area (Å²) in [5, 5.41) is 8.96. The fraction of sp³-hybridized carbons (Fsp3) is 0.297. The largest absolute Gasteiger partial charge is 0.256 e. The molecule has 3 heteroatoms. The van der Waals surface area contributed by atoms with Gasteiger partial charge in [0.2, 0.25) is 11.9 Å². The minimum Gasteiger partial charge on any atom is -0.256 e. The monoisotopic (exact) mass is 526 g/mol. The Morgan fingerprint density at radius 2 is 1.57 bits per heavy atom. The SMILES string of the molecule is CCc1c(C)ccc2[nH][n+](-c3ccc4ccc(-c5ccc6nccc(C(C)C)c6c5)c(C(C)C)c4c3CC)cc12. The summed E-state index contributed by atoms with van der Waals surface area (Å²) in [5.41, 5.74) is 13.0. The number of nitrogens with zero attached hydrogens (tertiary/aromatic N) is 2. The number of fused-ring (bicyclic) bond motifs is 3. The maximum Gasteiger partial charge on any atom is 0.239 e. The molecule has 0 spiro atoms. The van der Waals surface area contributed by atoms with Crippen LogP contribution in [0.15, 0.2) is 73.1 Å². The predicted molar refractivity (Wildman–Crippen MR) is 170 cm³/mol. The predicted octanol–water partition coefficient (Wildman–Crippen LogP) is 9.49. The second-order valence-electron chi connectivity index (χ2n) is 11.8. The van der Waals surface area contributed by atoms with Crippen LogP contribution in [0.2, 0.25) is 0 Å². The molecule has 40 heavy (non-hydrogen) atoms. The van der Waals surface area contributed by atoms with E-state index in [1.165, 1.54) is 71.7 Å². The highest BCUT2D eigenvalue weighted by molar-refractivity contribution is 5.98. The molecule has 0 saturated heterocycles. The number of pyridine rings is 1. The van der Waals surface area contributed by atoms with Crippen LogP contribution in [0.5, 0.6) is 0 Å². The van der Waals surface area contributed by atoms with E-state index in [4.69, 9.17) is 0 Å². The Labute approximate surface area is 237 Å². The minimum atomic E-state index is 0.371. The maximum atomic E-state index is 4.67. The van der Waals surface area contributed by atoms with Crippen molar-refractivity contribution in [2.45, 2.75) is 73.1 Å². The third-order valence-electron chi connectivity index (χ3n) is 8.65. The third-order valence-corrected chi connectivity index (χ3v) is 8.65. The molecule has 0 unspecified atom stereocenters. The van der Waals surface area contributed by atoms with Gasteiger partial charge in [-0.1, -0.05) is 70.5 Å². The molecule has 1 N–H and O–H groups in total. The Bertz CT molecular complexity index is 1890. The quantitative estimate of drug-likeness (QED) is 0.215. The van der Waals surface area contributed by atoms with E-state index in [9.17, 15) is 0 Å². The molecule has 6 rings (SSSR count). The molecular weight excluding hydrogens is 486 g/mol. The molecule has 0 amide bonds. The summed E-state index contributed by atoms with van der Waals surface area (Å²) >= 11 is 0. The van der Waals surface area contributed by atoms with Crippen LogP contribution in [-0.2, 0) is 12.8 Å². The highest BCUT2D eigenvalue weighted by atomic mass is 15.3. The van der Waals surface area contributed by atoms with Crippen molar-refractivity contribution in [1.29, 1.82) is 0 Å². The van der Waals surface area contributed by atoms with Crippen LogP contribution < -0.4 is 4.68 Å². The number of aryl methyl sites for hydroxylation is 3. The Kier molecular flexibility index (Phi) is 6.70. The van der Waals surface area contributed by atoms with E-state index < -0.39 is 0 Å². The number of nitrogens with one attached hydrogen (secondary N) is 1. The topological polar surface area (TPSA) is 32.6 Å². The van der Waals surface area contributed by atoms with Crippen LogP contribution in [0.1, 0.15) is 81.2 Å². The van der Waals surface area contributed by atoms with Gasteiger partial charge >= 0.3 is 0 Å². The Morgan fingerprint density at radius 1 is 0.800 bits per heavy atom. The third kappa shape index (κ3) is 4.20. The molecule has 2 heterocycles. The first kappa shape index (κ1) is 26.3. The molecule has 202 valence electrons. The van der Waals surface area contributed by atoms with Crippen LogP contribution in [0.4, 0.5) is 0 Å². The Hall–Kier alpha value is -3.98. The van der Waals surface area contributed by atoms with Crippen molar-refractivity contribution in [3.8, 4) is 16.8 Å². The zero-order valence-corrected chi connectivity index (χ0v) is 24.9. The normalized spacial score (nSPS) is 12.0. The van der Waals surface area contributed by atoms with Gasteiger partial charge < -0.3 is 0 Å². The molecule has 6 aromatic rings. The number of benzene rings is 4. The van der Waals surface area contributed by atoms with Crippen molar-refractivity contribution in [2.24, 2.45) is 0 Å². The van der Waals surface area contributed by atoms with Gasteiger partial charge in [-0.3, -0.25) is 4.98 Å². The fourth-order valence-corrected chi connectivity index (χ4v) is 6.69. The number of hydrogen-bond acceptors (Lipinski definition) is 1. The lowest BCUT2D eigenvalue weighted by Gasteiger charge is -2.20. The summed E-state index contributed by atoms with van der Waals surface area (Å²) in [4.78, 5) is 4.67. The van der Waals surface area contributed by atoms with Crippen molar-refractivity contribution in [2.75, 3.05) is 0 Å². The molecular formula is C37H40N3+. The van der Waals surface area contributed by atoms with E-state index in [0.717, 1.165) is 18.4 Å². The van der Waals surface area contributed by atoms with Crippen LogP contribution in [-0.4, -0.2) is 10.1 Å². The van der Waals surface area contributed by atoms with Gasteiger partial charge in [-0.2, -0.15) is 5.10 Å². The average molecular weight is 527 g/mol. The minimum absolute atomic E-state index is 0.371. The molecule has 0 radical (unpaired) electrons. The van der Waals surface area contributed by atoms with E-state index >= 15 is 0 Å². The van der Waals surface area contributed by atoms with E-state index in [-0.39, 0.29) is 0 Å². The van der Waals surface area contributed by atoms with Gasteiger partial charge in [-0.05, 0) is 106 Å². The second kappa shape index (κ2) is 10.2. The van der Waals surface area contributed by atoms with Crippen LogP contribution >= 0.6 is 0 Å². The molecule has 4 aromatic carbocycles. The molecule has 0 fully saturated rings. The van der Waals surface area contributed by atoms with Gasteiger partial charge in [0.1, 0.15) is 5.52 Å². The molecule has 2 aromatic heterocycles. The summed E-state index contributed by atoms with van der Waals surface area (Å²) in [7, 11) is 0. The summed E-state index contributed by atoms with van der Waals surface area (Å²) in [6.45, 7) is 15.9. The van der Waals surface area contributed by atoms with E-state index in [1.54, 1.807) is 0 Å². The summed E-state index contributed by atoms with van der Waals surface area (Å²) < 4.78 is 2.24. The lowest BCUT2D eigenvalue weighted by molar-refractivity contribution is -0.653. The summed E-state index contributed by atoms with van der Waals surface area (Å²) in [6, 6.07) is 22.6. The molecule has 0 aliphatic heterocycles. The van der Waals surface area contributed by atoms with Crippen molar-refractivity contribution >= 4 is 32.6 Å². The van der Waals surface area contributed by atoms with Crippen molar-refractivity contribution in [1.82, 2.24) is 10.1 Å². The van der Waals surface area contributed by atoms with Gasteiger partial charge in [0.25, 0.3) is 0 Å². The Morgan fingerprint density at radius 3 is 2.30 bits per heavy atom. The first-order valence-corrected chi connectivity index (χ1v) is 14.8. The van der Waals surface area contributed by atoms with Crippen LogP contribution in [0.25, 0.3) is 49.4 Å². The van der Waals surface area contributed by atoms with Crippen molar-refractivity contribution in [3.05, 3.63) is 101 Å². The molecule has 0 atom stereocenters. The number of aromatic amines is 1. The number of H-pyrrole nitrogens is 1. The van der Waals surface area contributed by atoms with Crippen molar-refractivity contribution < 1.29 is 4.68 Å². The number of rotatable bonds is 6. The average Bonchev–Trinajstić information content (AvgIpc) is 3.39. The standard InChI is InChI=1S/C37H39N3/c1-8-27-24(7)10-15-34-32(27)21-40(39-34)35-17-13-25-11-14-30(36(23(5)6)37(25)28(35)9-2)26-12-16-33-31(20-26)29(22(3)4)18-19-38-33/h10-23H,8-9H2,1-7H3/p+1. The molecule has 0 aliphatic carbocycles. The van der Waals surface area contributed by atoms with Gasteiger partial charge in [0.05, 0.1) is 10.9 Å². The smallest absolute Gasteiger partial charge is 0.239 e. The summed E-state index contributed by atoms with van der Waals surface area (Å²) in [6.07, 6.45) is 6.22. The lowest BCUT2D eigenvalue weighted by Crippen LogP contribution is -2.33. The number of aromatic nitrogens is 3. The highest BCUT2D eigenvalue weighted by Crippen LogP contribution is 2.40.